The van der Waals surface area contributed by atoms with Gasteiger partial charge in [-0.2, -0.15) is 0 Å². The first-order chi connectivity index (χ1) is 12.7. The van der Waals surface area contributed by atoms with Crippen LogP contribution >= 0.6 is 35.6 Å². The summed E-state index contributed by atoms with van der Waals surface area (Å²) in [7, 11) is 1.72. The molecule has 2 heterocycles. The van der Waals surface area contributed by atoms with Gasteiger partial charge in [-0.3, -0.25) is 9.39 Å². The summed E-state index contributed by atoms with van der Waals surface area (Å²) in [6.07, 6.45) is 1.88. The zero-order chi connectivity index (χ0) is 18.4. The van der Waals surface area contributed by atoms with E-state index in [-0.39, 0.29) is 30.1 Å². The van der Waals surface area contributed by atoms with Crippen molar-refractivity contribution < 1.29 is 4.74 Å². The fourth-order valence-corrected chi connectivity index (χ4v) is 2.63. The Labute approximate surface area is 180 Å². The van der Waals surface area contributed by atoms with Gasteiger partial charge in [-0.1, -0.05) is 23.7 Å². The quantitative estimate of drug-likeness (QED) is 0.309. The van der Waals surface area contributed by atoms with Crippen molar-refractivity contribution in [1.82, 2.24) is 25.2 Å². The number of fused-ring (bicyclic) bond motifs is 1. The molecule has 0 amide bonds. The van der Waals surface area contributed by atoms with Crippen LogP contribution in [0.25, 0.3) is 5.65 Å². The molecule has 144 valence electrons. The summed E-state index contributed by atoms with van der Waals surface area (Å²) in [5.41, 5.74) is 0.816. The summed E-state index contributed by atoms with van der Waals surface area (Å²) in [5, 5.41) is 15.4. The number of aromatic nitrogens is 3. The average Bonchev–Trinajstić information content (AvgIpc) is 3.05. The lowest BCUT2D eigenvalue weighted by Crippen LogP contribution is -2.41. The number of aliphatic imine (C=N–C) groups is 1. The summed E-state index contributed by atoms with van der Waals surface area (Å²) >= 11 is 5.97. The Morgan fingerprint density at radius 2 is 2.07 bits per heavy atom. The van der Waals surface area contributed by atoms with E-state index in [1.165, 1.54) is 0 Å². The molecule has 3 aromatic rings. The van der Waals surface area contributed by atoms with Gasteiger partial charge in [0.2, 0.25) is 0 Å². The monoisotopic (exact) mass is 500 g/mol. The Kier molecular flexibility index (Phi) is 8.11. The summed E-state index contributed by atoms with van der Waals surface area (Å²) in [6, 6.07) is 13.1. The molecule has 27 heavy (non-hydrogen) atoms. The molecule has 1 atom stereocenters. The average molecular weight is 501 g/mol. The van der Waals surface area contributed by atoms with Gasteiger partial charge in [-0.25, -0.2) is 0 Å². The molecular weight excluding hydrogens is 479 g/mol. The van der Waals surface area contributed by atoms with Crippen LogP contribution in [0.4, 0.5) is 0 Å². The van der Waals surface area contributed by atoms with Gasteiger partial charge in [0.25, 0.3) is 0 Å². The van der Waals surface area contributed by atoms with E-state index < -0.39 is 0 Å². The molecule has 2 aromatic heterocycles. The van der Waals surface area contributed by atoms with Gasteiger partial charge in [0.05, 0.1) is 13.1 Å². The summed E-state index contributed by atoms with van der Waals surface area (Å²) in [5.74, 6) is 2.22. The topological polar surface area (TPSA) is 75.8 Å². The molecular formula is C18H22ClIN6O. The number of hydrogen-bond acceptors (Lipinski definition) is 4. The first-order valence-electron chi connectivity index (χ1n) is 8.31. The Hall–Kier alpha value is -2.07. The number of benzene rings is 1. The van der Waals surface area contributed by atoms with E-state index >= 15 is 0 Å². The zero-order valence-electron chi connectivity index (χ0n) is 15.1. The predicted molar refractivity (Wildman–Crippen MR) is 118 cm³/mol. The second-order valence-electron chi connectivity index (χ2n) is 5.74. The highest BCUT2D eigenvalue weighted by Crippen LogP contribution is 2.18. The molecule has 2 N–H and O–H groups in total. The van der Waals surface area contributed by atoms with Crippen molar-refractivity contribution in [2.75, 3.05) is 13.6 Å². The number of ether oxygens (including phenoxy) is 1. The molecule has 0 spiro atoms. The van der Waals surface area contributed by atoms with Crippen LogP contribution < -0.4 is 15.4 Å². The first kappa shape index (κ1) is 21.2. The third-order valence-electron chi connectivity index (χ3n) is 3.71. The van der Waals surface area contributed by atoms with Gasteiger partial charge in [0.15, 0.2) is 17.4 Å². The highest BCUT2D eigenvalue weighted by Gasteiger charge is 2.08. The normalized spacial score (nSPS) is 12.3. The largest absolute Gasteiger partial charge is 0.489 e. The van der Waals surface area contributed by atoms with Gasteiger partial charge in [0.1, 0.15) is 11.9 Å². The van der Waals surface area contributed by atoms with Crippen molar-refractivity contribution in [2.24, 2.45) is 4.99 Å². The van der Waals surface area contributed by atoms with E-state index in [0.29, 0.717) is 24.1 Å². The summed E-state index contributed by atoms with van der Waals surface area (Å²) in [6.45, 7) is 3.08. The fraction of sp³-hybridized carbons (Fsp3) is 0.278. The maximum atomic E-state index is 5.97. The fourth-order valence-electron chi connectivity index (χ4n) is 2.45. The summed E-state index contributed by atoms with van der Waals surface area (Å²) < 4.78 is 7.78. The van der Waals surface area contributed by atoms with Crippen LogP contribution in [0.3, 0.4) is 0 Å². The van der Waals surface area contributed by atoms with Crippen LogP contribution in [0.5, 0.6) is 5.75 Å². The third kappa shape index (κ3) is 5.96. The first-order valence-corrected chi connectivity index (χ1v) is 8.69. The SMILES string of the molecule is CN=C(NCc1nnc2ccccn12)NCC(C)Oc1cccc(Cl)c1.I. The maximum absolute atomic E-state index is 5.97. The van der Waals surface area contributed by atoms with Crippen molar-refractivity contribution in [1.29, 1.82) is 0 Å². The number of halogens is 2. The minimum Gasteiger partial charge on any atom is -0.489 e. The number of pyridine rings is 1. The molecule has 1 aromatic carbocycles. The van der Waals surface area contributed by atoms with Gasteiger partial charge in [-0.15, -0.1) is 34.2 Å². The van der Waals surface area contributed by atoms with E-state index in [1.54, 1.807) is 13.1 Å². The Morgan fingerprint density at radius 1 is 1.22 bits per heavy atom. The molecule has 0 saturated carbocycles. The van der Waals surface area contributed by atoms with Crippen molar-refractivity contribution in [3.8, 4) is 5.75 Å². The van der Waals surface area contributed by atoms with Crippen molar-refractivity contribution in [3.05, 3.63) is 59.5 Å². The minimum atomic E-state index is -0.0547. The van der Waals surface area contributed by atoms with E-state index in [2.05, 4.69) is 25.8 Å². The maximum Gasteiger partial charge on any atom is 0.191 e. The highest BCUT2D eigenvalue weighted by molar-refractivity contribution is 14.0. The number of nitrogens with one attached hydrogen (secondary N) is 2. The van der Waals surface area contributed by atoms with Crippen molar-refractivity contribution >= 4 is 47.2 Å². The van der Waals surface area contributed by atoms with Crippen molar-refractivity contribution in [2.45, 2.75) is 19.6 Å². The van der Waals surface area contributed by atoms with E-state index in [0.717, 1.165) is 17.2 Å². The second-order valence-corrected chi connectivity index (χ2v) is 6.17. The van der Waals surface area contributed by atoms with E-state index in [9.17, 15) is 0 Å². The number of hydrogen-bond donors (Lipinski definition) is 2. The Morgan fingerprint density at radius 3 is 2.85 bits per heavy atom. The van der Waals surface area contributed by atoms with Crippen LogP contribution in [0.2, 0.25) is 5.02 Å². The predicted octanol–water partition coefficient (Wildman–Crippen LogP) is 3.13. The molecule has 0 radical (unpaired) electrons. The van der Waals surface area contributed by atoms with Crippen LogP contribution in [0.1, 0.15) is 12.7 Å². The van der Waals surface area contributed by atoms with Crippen LogP contribution in [0.15, 0.2) is 53.7 Å². The Balaban J connectivity index is 0.00000261. The Bertz CT molecular complexity index is 900. The van der Waals surface area contributed by atoms with Gasteiger partial charge >= 0.3 is 0 Å². The van der Waals surface area contributed by atoms with Gasteiger partial charge < -0.3 is 15.4 Å². The van der Waals surface area contributed by atoms with Crippen molar-refractivity contribution in [3.63, 3.8) is 0 Å². The van der Waals surface area contributed by atoms with Crippen LogP contribution in [-0.4, -0.2) is 40.3 Å². The second kappa shape index (κ2) is 10.3. The molecule has 0 saturated heterocycles. The molecule has 0 aliphatic carbocycles. The molecule has 9 heteroatoms. The van der Waals surface area contributed by atoms with E-state index in [4.69, 9.17) is 16.3 Å². The van der Waals surface area contributed by atoms with E-state index in [1.807, 2.05) is 53.9 Å². The lowest BCUT2D eigenvalue weighted by molar-refractivity contribution is 0.224. The smallest absolute Gasteiger partial charge is 0.191 e. The molecule has 0 fully saturated rings. The molecule has 7 nitrogen and oxygen atoms in total. The molecule has 0 aliphatic rings. The standard InChI is InChI=1S/C18H21ClN6O.HI/c1-13(26-15-7-5-6-14(19)10-15)11-21-18(20-2)22-12-17-24-23-16-8-3-4-9-25(16)17;/h3-10,13H,11-12H2,1-2H3,(H2,20,21,22);1H. The molecule has 0 bridgehead atoms. The third-order valence-corrected chi connectivity index (χ3v) is 3.95. The molecule has 3 rings (SSSR count). The summed E-state index contributed by atoms with van der Waals surface area (Å²) in [4.78, 5) is 4.22. The molecule has 1 unspecified atom stereocenters. The molecule has 0 aliphatic heterocycles. The van der Waals surface area contributed by atoms with Gasteiger partial charge in [0, 0.05) is 18.3 Å². The number of rotatable bonds is 6. The minimum absolute atomic E-state index is 0. The van der Waals surface area contributed by atoms with Crippen LogP contribution in [0, 0.1) is 0 Å². The lowest BCUT2D eigenvalue weighted by atomic mass is 10.3. The number of guanidine groups is 1. The van der Waals surface area contributed by atoms with Gasteiger partial charge in [-0.05, 0) is 37.3 Å². The van der Waals surface area contributed by atoms with Crippen LogP contribution in [-0.2, 0) is 6.54 Å². The highest BCUT2D eigenvalue weighted by atomic mass is 127. The lowest BCUT2D eigenvalue weighted by Gasteiger charge is -2.17. The number of nitrogens with zero attached hydrogens (tertiary/aromatic N) is 4. The zero-order valence-corrected chi connectivity index (χ0v) is 18.2.